The van der Waals surface area contributed by atoms with Gasteiger partial charge in [-0.25, -0.2) is 12.7 Å². The molecule has 1 amide bonds. The van der Waals surface area contributed by atoms with Gasteiger partial charge in [0.1, 0.15) is 0 Å². The van der Waals surface area contributed by atoms with Crippen LogP contribution in [0.1, 0.15) is 18.4 Å². The number of nitrogens with zero attached hydrogens (tertiary/aromatic N) is 1. The molecule has 27 heavy (non-hydrogen) atoms. The first-order valence-electron chi connectivity index (χ1n) is 8.62. The van der Waals surface area contributed by atoms with Gasteiger partial charge in [0.25, 0.3) is 0 Å². The van der Waals surface area contributed by atoms with Crippen LogP contribution in [0.15, 0.2) is 53.0 Å². The molecule has 2 aromatic rings. The van der Waals surface area contributed by atoms with Crippen molar-refractivity contribution in [1.29, 1.82) is 0 Å². The van der Waals surface area contributed by atoms with Gasteiger partial charge in [0.15, 0.2) is 0 Å². The quantitative estimate of drug-likeness (QED) is 0.708. The molecule has 5 nitrogen and oxygen atoms in total. The predicted molar refractivity (Wildman–Crippen MR) is 111 cm³/mol. The summed E-state index contributed by atoms with van der Waals surface area (Å²) in [6.45, 7) is 0.697. The van der Waals surface area contributed by atoms with E-state index >= 15 is 0 Å². The molecule has 144 valence electrons. The molecule has 2 aromatic carbocycles. The summed E-state index contributed by atoms with van der Waals surface area (Å²) in [6.07, 6.45) is 1.02. The molecule has 0 bridgehead atoms. The zero-order chi connectivity index (χ0) is 19.4. The highest BCUT2D eigenvalue weighted by molar-refractivity contribution is 9.10. The summed E-state index contributed by atoms with van der Waals surface area (Å²) in [5, 5.41) is 3.42. The maximum absolute atomic E-state index is 12.6. The Morgan fingerprint density at radius 2 is 1.81 bits per heavy atom. The Labute approximate surface area is 172 Å². The lowest BCUT2D eigenvalue weighted by atomic mass is 9.97. The number of piperidine rings is 1. The lowest BCUT2D eigenvalue weighted by Crippen LogP contribution is -2.41. The third-order valence-electron chi connectivity index (χ3n) is 4.57. The van der Waals surface area contributed by atoms with E-state index < -0.39 is 10.0 Å². The Morgan fingerprint density at radius 1 is 1.15 bits per heavy atom. The van der Waals surface area contributed by atoms with E-state index in [9.17, 15) is 13.2 Å². The number of hydrogen-bond acceptors (Lipinski definition) is 3. The van der Waals surface area contributed by atoms with Crippen LogP contribution in [0.4, 0.5) is 5.69 Å². The predicted octanol–water partition coefficient (Wildman–Crippen LogP) is 4.28. The van der Waals surface area contributed by atoms with Crippen LogP contribution in [-0.2, 0) is 20.6 Å². The number of rotatable bonds is 5. The highest BCUT2D eigenvalue weighted by atomic mass is 79.9. The van der Waals surface area contributed by atoms with Crippen LogP contribution in [0.25, 0.3) is 0 Å². The summed E-state index contributed by atoms with van der Waals surface area (Å²) in [4.78, 5) is 12.4. The summed E-state index contributed by atoms with van der Waals surface area (Å²) in [5.41, 5.74) is 1.40. The summed E-state index contributed by atoms with van der Waals surface area (Å²) >= 11 is 9.29. The molecule has 0 aromatic heterocycles. The number of benzene rings is 2. The average molecular weight is 472 g/mol. The molecule has 1 saturated heterocycles. The second-order valence-electron chi connectivity index (χ2n) is 6.56. The van der Waals surface area contributed by atoms with Gasteiger partial charge < -0.3 is 5.32 Å². The molecule has 0 unspecified atom stereocenters. The first kappa shape index (κ1) is 20.3. The van der Waals surface area contributed by atoms with Crippen LogP contribution in [0.5, 0.6) is 0 Å². The molecule has 1 fully saturated rings. The SMILES string of the molecule is O=C(Nc1ccc(Br)cc1)C1CCN(S(=O)(=O)Cc2cccc(Cl)c2)CC1. The van der Waals surface area contributed by atoms with Crippen LogP contribution in [-0.4, -0.2) is 31.7 Å². The van der Waals surface area contributed by atoms with Crippen LogP contribution in [0.3, 0.4) is 0 Å². The van der Waals surface area contributed by atoms with Crippen molar-refractivity contribution < 1.29 is 13.2 Å². The van der Waals surface area contributed by atoms with Gasteiger partial charge in [0.2, 0.25) is 15.9 Å². The van der Waals surface area contributed by atoms with Gasteiger partial charge in [-0.1, -0.05) is 39.7 Å². The minimum absolute atomic E-state index is 0.0655. The van der Waals surface area contributed by atoms with Crippen LogP contribution in [0, 0.1) is 5.92 Å². The summed E-state index contributed by atoms with van der Waals surface area (Å²) < 4.78 is 27.7. The normalized spacial score (nSPS) is 16.2. The topological polar surface area (TPSA) is 66.5 Å². The van der Waals surface area contributed by atoms with Gasteiger partial charge in [-0.2, -0.15) is 0 Å². The summed E-state index contributed by atoms with van der Waals surface area (Å²) in [7, 11) is -3.43. The number of carbonyl (C=O) groups is 1. The zero-order valence-corrected chi connectivity index (χ0v) is 17.7. The number of nitrogens with one attached hydrogen (secondary N) is 1. The Hall–Kier alpha value is -1.41. The standard InChI is InChI=1S/C19H20BrClN2O3S/c20-16-4-6-18(7-5-16)22-19(24)15-8-10-23(11-9-15)27(25,26)13-14-2-1-3-17(21)12-14/h1-7,12,15H,8-11,13H2,(H,22,24). The molecule has 1 aliphatic heterocycles. The molecule has 0 atom stereocenters. The van der Waals surface area contributed by atoms with E-state index in [4.69, 9.17) is 11.6 Å². The van der Waals surface area contributed by atoms with Crippen molar-refractivity contribution in [2.75, 3.05) is 18.4 Å². The Kier molecular flexibility index (Phi) is 6.57. The van der Waals surface area contributed by atoms with E-state index in [1.807, 2.05) is 24.3 Å². The van der Waals surface area contributed by atoms with Gasteiger partial charge in [-0.3, -0.25) is 4.79 Å². The molecule has 1 heterocycles. The highest BCUT2D eigenvalue weighted by Gasteiger charge is 2.31. The number of hydrogen-bond donors (Lipinski definition) is 1. The molecule has 0 spiro atoms. The van der Waals surface area contributed by atoms with Crippen molar-refractivity contribution in [1.82, 2.24) is 4.31 Å². The molecule has 0 aliphatic carbocycles. The molecule has 1 aliphatic rings. The van der Waals surface area contributed by atoms with E-state index in [1.165, 1.54) is 4.31 Å². The molecule has 0 saturated carbocycles. The number of anilines is 1. The molecule has 3 rings (SSSR count). The molecule has 1 N–H and O–H groups in total. The first-order valence-corrected chi connectivity index (χ1v) is 11.4. The number of amides is 1. The van der Waals surface area contributed by atoms with Crippen molar-refractivity contribution in [2.24, 2.45) is 5.92 Å². The number of halogens is 2. The fourth-order valence-corrected chi connectivity index (χ4v) is 5.13. The Morgan fingerprint density at radius 3 is 2.44 bits per heavy atom. The second kappa shape index (κ2) is 8.73. The van der Waals surface area contributed by atoms with E-state index in [0.717, 1.165) is 10.2 Å². The summed E-state index contributed by atoms with van der Waals surface area (Å²) in [5.74, 6) is -0.334. The zero-order valence-electron chi connectivity index (χ0n) is 14.6. The molecular formula is C19H20BrClN2O3S. The minimum atomic E-state index is -3.43. The number of sulfonamides is 1. The highest BCUT2D eigenvalue weighted by Crippen LogP contribution is 2.24. The Balaban J connectivity index is 1.56. The van der Waals surface area contributed by atoms with E-state index in [-0.39, 0.29) is 17.6 Å². The first-order chi connectivity index (χ1) is 12.8. The number of carbonyl (C=O) groups excluding carboxylic acids is 1. The van der Waals surface area contributed by atoms with Gasteiger partial charge >= 0.3 is 0 Å². The van der Waals surface area contributed by atoms with Crippen molar-refractivity contribution in [3.8, 4) is 0 Å². The van der Waals surface area contributed by atoms with Gasteiger partial charge in [-0.05, 0) is 54.8 Å². The largest absolute Gasteiger partial charge is 0.326 e. The van der Waals surface area contributed by atoms with Crippen molar-refractivity contribution in [3.63, 3.8) is 0 Å². The van der Waals surface area contributed by atoms with E-state index in [0.29, 0.717) is 36.5 Å². The van der Waals surface area contributed by atoms with Gasteiger partial charge in [0, 0.05) is 34.2 Å². The summed E-state index contributed by atoms with van der Waals surface area (Å²) in [6, 6.07) is 14.2. The van der Waals surface area contributed by atoms with Crippen LogP contribution < -0.4 is 5.32 Å². The fraction of sp³-hybridized carbons (Fsp3) is 0.316. The molecule has 8 heteroatoms. The van der Waals surface area contributed by atoms with Crippen LogP contribution >= 0.6 is 27.5 Å². The Bertz CT molecular complexity index is 911. The van der Waals surface area contributed by atoms with E-state index in [2.05, 4.69) is 21.2 Å². The third kappa shape index (κ3) is 5.54. The average Bonchev–Trinajstić information content (AvgIpc) is 2.63. The smallest absolute Gasteiger partial charge is 0.227 e. The third-order valence-corrected chi connectivity index (χ3v) is 7.18. The van der Waals surface area contributed by atoms with E-state index in [1.54, 1.807) is 24.3 Å². The van der Waals surface area contributed by atoms with Crippen molar-refractivity contribution >= 4 is 49.1 Å². The van der Waals surface area contributed by atoms with Crippen LogP contribution in [0.2, 0.25) is 5.02 Å². The molecular weight excluding hydrogens is 452 g/mol. The maximum atomic E-state index is 12.6. The van der Waals surface area contributed by atoms with Crippen molar-refractivity contribution in [3.05, 3.63) is 63.6 Å². The second-order valence-corrected chi connectivity index (χ2v) is 9.88. The maximum Gasteiger partial charge on any atom is 0.227 e. The van der Waals surface area contributed by atoms with Gasteiger partial charge in [-0.15, -0.1) is 0 Å². The fourth-order valence-electron chi connectivity index (χ4n) is 3.10. The van der Waals surface area contributed by atoms with Gasteiger partial charge in [0.05, 0.1) is 5.75 Å². The minimum Gasteiger partial charge on any atom is -0.326 e. The monoisotopic (exact) mass is 470 g/mol. The molecule has 0 radical (unpaired) electrons. The lowest BCUT2D eigenvalue weighted by molar-refractivity contribution is -0.120. The lowest BCUT2D eigenvalue weighted by Gasteiger charge is -2.30. The van der Waals surface area contributed by atoms with Crippen molar-refractivity contribution in [2.45, 2.75) is 18.6 Å².